The smallest absolute Gasteiger partial charge is 0.346 e. The van der Waals surface area contributed by atoms with E-state index in [-0.39, 0.29) is 11.1 Å². The lowest BCUT2D eigenvalue weighted by atomic mass is 10.0. The van der Waals surface area contributed by atoms with Gasteiger partial charge in [0.2, 0.25) is 0 Å². The zero-order chi connectivity index (χ0) is 21.3. The maximum Gasteiger partial charge on any atom is 0.346 e. The Morgan fingerprint density at radius 3 is 2.27 bits per heavy atom. The molecule has 3 aromatic rings. The molecule has 30 heavy (non-hydrogen) atoms. The Balaban J connectivity index is 1.61. The van der Waals surface area contributed by atoms with Crippen LogP contribution in [0.4, 0.5) is 4.39 Å². The van der Waals surface area contributed by atoms with E-state index in [9.17, 15) is 9.18 Å². The predicted molar refractivity (Wildman–Crippen MR) is 120 cm³/mol. The monoisotopic (exact) mass is 410 g/mol. The average Bonchev–Trinajstić information content (AvgIpc) is 2.75. The summed E-state index contributed by atoms with van der Waals surface area (Å²) >= 11 is 0. The number of halogens is 1. The number of hydrogen-bond donors (Lipinski definition) is 0. The Kier molecular flexibility index (Phi) is 8.06. The summed E-state index contributed by atoms with van der Waals surface area (Å²) in [6, 6.07) is 13.7. The molecule has 0 aliphatic rings. The molecule has 160 valence electrons. The molecule has 0 radical (unpaired) electrons. The van der Waals surface area contributed by atoms with Crippen LogP contribution in [0.1, 0.15) is 62.8 Å². The van der Waals surface area contributed by atoms with E-state index in [1.165, 1.54) is 43.2 Å². The quantitative estimate of drug-likeness (QED) is 0.333. The van der Waals surface area contributed by atoms with Crippen molar-refractivity contribution in [1.29, 1.82) is 0 Å². The number of fused-ring (bicyclic) bond motifs is 1. The average molecular weight is 411 g/mol. The van der Waals surface area contributed by atoms with Gasteiger partial charge in [0, 0.05) is 6.42 Å². The van der Waals surface area contributed by atoms with E-state index in [1.807, 2.05) is 0 Å². The third-order valence-electron chi connectivity index (χ3n) is 5.44. The molecule has 4 heteroatoms. The van der Waals surface area contributed by atoms with E-state index in [0.717, 1.165) is 12.8 Å². The topological polar surface area (TPSA) is 39.4 Å². The maximum atomic E-state index is 14.5. The number of unbranched alkanes of at least 4 members (excludes halogenated alkanes) is 4. The Morgan fingerprint density at radius 1 is 0.867 bits per heavy atom. The fourth-order valence-corrected chi connectivity index (χ4v) is 3.74. The van der Waals surface area contributed by atoms with Crippen LogP contribution in [0.5, 0.6) is 5.75 Å². The standard InChI is InChI=1S/C26H31FO3/c1-3-5-6-7-8-9-19-10-12-20(13-11-19)14-16-22-18-21-15-17-23(29-4-2)25(27)24(21)26(28)30-22/h10-13,15,17-18H,3-9,14,16H2,1-2H3. The summed E-state index contributed by atoms with van der Waals surface area (Å²) in [5.41, 5.74) is 1.92. The Hall–Kier alpha value is -2.62. The van der Waals surface area contributed by atoms with Crippen LogP contribution in [0, 0.1) is 5.82 Å². The van der Waals surface area contributed by atoms with E-state index in [1.54, 1.807) is 25.1 Å². The van der Waals surface area contributed by atoms with E-state index in [0.29, 0.717) is 24.2 Å². The molecule has 0 aliphatic heterocycles. The Morgan fingerprint density at radius 2 is 1.57 bits per heavy atom. The highest BCUT2D eigenvalue weighted by Crippen LogP contribution is 2.25. The van der Waals surface area contributed by atoms with Crippen molar-refractivity contribution >= 4 is 10.8 Å². The molecule has 0 saturated heterocycles. The van der Waals surface area contributed by atoms with Gasteiger partial charge >= 0.3 is 5.63 Å². The molecule has 0 bridgehead atoms. The molecule has 2 aromatic carbocycles. The SMILES string of the molecule is CCCCCCCc1ccc(CCc2cc3ccc(OCC)c(F)c3c(=O)o2)cc1. The first-order chi connectivity index (χ1) is 14.6. The van der Waals surface area contributed by atoms with Crippen LogP contribution in [0.15, 0.2) is 51.7 Å². The van der Waals surface area contributed by atoms with Crippen molar-refractivity contribution in [1.82, 2.24) is 0 Å². The van der Waals surface area contributed by atoms with Gasteiger partial charge in [-0.25, -0.2) is 9.18 Å². The van der Waals surface area contributed by atoms with Crippen molar-refractivity contribution in [3.8, 4) is 5.75 Å². The van der Waals surface area contributed by atoms with Crippen LogP contribution in [-0.2, 0) is 19.3 Å². The summed E-state index contributed by atoms with van der Waals surface area (Å²) < 4.78 is 25.1. The fourth-order valence-electron chi connectivity index (χ4n) is 3.74. The van der Waals surface area contributed by atoms with Crippen LogP contribution < -0.4 is 10.4 Å². The second-order valence-electron chi connectivity index (χ2n) is 7.76. The predicted octanol–water partition coefficient (Wildman–Crippen LogP) is 6.63. The van der Waals surface area contributed by atoms with Gasteiger partial charge < -0.3 is 9.15 Å². The molecule has 1 heterocycles. The lowest BCUT2D eigenvalue weighted by Crippen LogP contribution is -2.07. The fraction of sp³-hybridized carbons (Fsp3) is 0.423. The van der Waals surface area contributed by atoms with E-state index in [4.69, 9.17) is 9.15 Å². The minimum atomic E-state index is -0.653. The van der Waals surface area contributed by atoms with Gasteiger partial charge in [0.05, 0.1) is 6.61 Å². The van der Waals surface area contributed by atoms with Crippen molar-refractivity contribution in [2.45, 2.75) is 65.2 Å². The molecule has 0 spiro atoms. The summed E-state index contributed by atoms with van der Waals surface area (Å²) in [6.45, 7) is 4.34. The Labute approximate surface area is 177 Å². The molecule has 0 unspecified atom stereocenters. The summed E-state index contributed by atoms with van der Waals surface area (Å²) in [5.74, 6) is -0.00787. The first-order valence-electron chi connectivity index (χ1n) is 11.1. The molecule has 0 N–H and O–H groups in total. The van der Waals surface area contributed by atoms with Gasteiger partial charge in [-0.1, -0.05) is 62.9 Å². The minimum absolute atomic E-state index is 0.0482. The largest absolute Gasteiger partial charge is 0.491 e. The van der Waals surface area contributed by atoms with Crippen LogP contribution in [-0.4, -0.2) is 6.61 Å². The Bertz CT molecular complexity index is 1010. The molecule has 3 rings (SSSR count). The van der Waals surface area contributed by atoms with Crippen LogP contribution in [0.2, 0.25) is 0 Å². The molecule has 3 nitrogen and oxygen atoms in total. The molecule has 1 aromatic heterocycles. The highest BCUT2D eigenvalue weighted by atomic mass is 19.1. The maximum absolute atomic E-state index is 14.5. The summed E-state index contributed by atoms with van der Waals surface area (Å²) in [6.07, 6.45) is 8.94. The van der Waals surface area contributed by atoms with Gasteiger partial charge in [-0.2, -0.15) is 0 Å². The zero-order valence-electron chi connectivity index (χ0n) is 18.0. The third kappa shape index (κ3) is 5.71. The number of aryl methyl sites for hydroxylation is 3. The lowest BCUT2D eigenvalue weighted by molar-refractivity contribution is 0.322. The highest BCUT2D eigenvalue weighted by molar-refractivity contribution is 5.83. The first-order valence-corrected chi connectivity index (χ1v) is 11.1. The third-order valence-corrected chi connectivity index (χ3v) is 5.44. The second kappa shape index (κ2) is 11.0. The molecule has 0 aliphatic carbocycles. The van der Waals surface area contributed by atoms with Gasteiger partial charge in [-0.15, -0.1) is 0 Å². The number of rotatable bonds is 11. The van der Waals surface area contributed by atoms with Crippen molar-refractivity contribution < 1.29 is 13.5 Å². The van der Waals surface area contributed by atoms with Crippen molar-refractivity contribution in [2.24, 2.45) is 0 Å². The zero-order valence-corrected chi connectivity index (χ0v) is 18.0. The lowest BCUT2D eigenvalue weighted by Gasteiger charge is -2.08. The highest BCUT2D eigenvalue weighted by Gasteiger charge is 2.14. The number of ether oxygens (including phenoxy) is 1. The molecule has 0 saturated carbocycles. The molecular formula is C26H31FO3. The van der Waals surface area contributed by atoms with Crippen LogP contribution in [0.25, 0.3) is 10.8 Å². The molecule has 0 fully saturated rings. The van der Waals surface area contributed by atoms with Gasteiger partial charge in [0.1, 0.15) is 11.1 Å². The second-order valence-corrected chi connectivity index (χ2v) is 7.76. The number of hydrogen-bond acceptors (Lipinski definition) is 3. The minimum Gasteiger partial charge on any atom is -0.491 e. The van der Waals surface area contributed by atoms with Gasteiger partial charge in [0.15, 0.2) is 11.6 Å². The van der Waals surface area contributed by atoms with Crippen molar-refractivity contribution in [3.05, 3.63) is 75.6 Å². The van der Waals surface area contributed by atoms with Crippen molar-refractivity contribution in [3.63, 3.8) is 0 Å². The van der Waals surface area contributed by atoms with Crippen LogP contribution in [0.3, 0.4) is 0 Å². The molecule has 0 amide bonds. The first kappa shape index (κ1) is 22.1. The van der Waals surface area contributed by atoms with E-state index < -0.39 is 11.4 Å². The van der Waals surface area contributed by atoms with E-state index in [2.05, 4.69) is 31.2 Å². The summed E-state index contributed by atoms with van der Waals surface area (Å²) in [7, 11) is 0. The van der Waals surface area contributed by atoms with E-state index >= 15 is 0 Å². The van der Waals surface area contributed by atoms with Crippen LogP contribution >= 0.6 is 0 Å². The van der Waals surface area contributed by atoms with Gasteiger partial charge in [0.25, 0.3) is 0 Å². The van der Waals surface area contributed by atoms with Gasteiger partial charge in [-0.3, -0.25) is 0 Å². The normalized spacial score (nSPS) is 11.2. The number of benzene rings is 2. The summed E-state index contributed by atoms with van der Waals surface area (Å²) in [5, 5.41) is 0.494. The van der Waals surface area contributed by atoms with Crippen molar-refractivity contribution in [2.75, 3.05) is 6.61 Å². The van der Waals surface area contributed by atoms with Gasteiger partial charge in [-0.05, 0) is 54.8 Å². The molecule has 0 atom stereocenters. The molecular weight excluding hydrogens is 379 g/mol. The summed E-state index contributed by atoms with van der Waals surface area (Å²) in [4.78, 5) is 12.3.